The van der Waals surface area contributed by atoms with Crippen LogP contribution in [0.3, 0.4) is 0 Å². The van der Waals surface area contributed by atoms with E-state index >= 15 is 0 Å². The lowest BCUT2D eigenvalue weighted by molar-refractivity contribution is -0.159. The predicted molar refractivity (Wildman–Crippen MR) is 80.1 cm³/mol. The summed E-state index contributed by atoms with van der Waals surface area (Å²) in [5, 5.41) is 19.2. The van der Waals surface area contributed by atoms with Crippen molar-refractivity contribution in [3.63, 3.8) is 0 Å². The van der Waals surface area contributed by atoms with Crippen LogP contribution >= 0.6 is 0 Å². The van der Waals surface area contributed by atoms with Crippen molar-refractivity contribution in [3.8, 4) is 0 Å². The van der Waals surface area contributed by atoms with Crippen LogP contribution in [-0.4, -0.2) is 61.8 Å². The molecule has 0 saturated carbocycles. The van der Waals surface area contributed by atoms with E-state index in [2.05, 4.69) is 0 Å². The van der Waals surface area contributed by atoms with Crippen molar-refractivity contribution in [2.24, 2.45) is 0 Å². The molecule has 0 amide bonds. The van der Waals surface area contributed by atoms with Gasteiger partial charge >= 0.3 is 5.97 Å². The summed E-state index contributed by atoms with van der Waals surface area (Å²) in [4.78, 5) is 10.8. The Balaban J connectivity index is 2.47. The van der Waals surface area contributed by atoms with Gasteiger partial charge in [-0.05, 0) is 25.1 Å². The van der Waals surface area contributed by atoms with Crippen molar-refractivity contribution in [1.82, 2.24) is 4.31 Å². The number of sulfonamides is 1. The predicted octanol–water partition coefficient (Wildman–Crippen LogP) is -0.311. The standard InChI is InChI=1S/C13H17NO7S2/c1-9-13(17,12(15)16)6-7-14(9)23(20,21)11-5-3-4-10(8-11)22(2,18)19/h3-5,8-9,17H,6-7H2,1-2H3,(H,15,16)/t9?,13-/m0/s1. The SMILES string of the molecule is CC1N(S(=O)(=O)c2cccc(S(C)(=O)=O)c2)CC[C@@]1(O)C(=O)O. The smallest absolute Gasteiger partial charge is 0.337 e. The molecule has 0 aliphatic carbocycles. The molecular formula is C13H17NO7S2. The maximum atomic E-state index is 12.7. The van der Waals surface area contributed by atoms with Crippen LogP contribution in [0.5, 0.6) is 0 Å². The second-order valence-electron chi connectivity index (χ2n) is 5.52. The summed E-state index contributed by atoms with van der Waals surface area (Å²) in [7, 11) is -7.72. The monoisotopic (exact) mass is 363 g/mol. The van der Waals surface area contributed by atoms with Gasteiger partial charge in [-0.1, -0.05) is 6.07 Å². The van der Waals surface area contributed by atoms with Crippen LogP contribution in [0, 0.1) is 0 Å². The molecule has 1 aliphatic heterocycles. The Labute approximate surface area is 134 Å². The van der Waals surface area contributed by atoms with E-state index in [0.29, 0.717) is 0 Å². The van der Waals surface area contributed by atoms with Gasteiger partial charge in [-0.25, -0.2) is 21.6 Å². The van der Waals surface area contributed by atoms with Gasteiger partial charge in [0.15, 0.2) is 15.4 Å². The number of benzene rings is 1. The van der Waals surface area contributed by atoms with E-state index in [1.54, 1.807) is 0 Å². The molecule has 1 fully saturated rings. The van der Waals surface area contributed by atoms with Gasteiger partial charge in [0, 0.05) is 19.2 Å². The first-order valence-electron chi connectivity index (χ1n) is 6.68. The van der Waals surface area contributed by atoms with Crippen molar-refractivity contribution in [3.05, 3.63) is 24.3 Å². The normalized spacial score (nSPS) is 26.3. The molecule has 2 atom stereocenters. The van der Waals surface area contributed by atoms with E-state index in [4.69, 9.17) is 5.11 Å². The highest BCUT2D eigenvalue weighted by molar-refractivity contribution is 7.91. The molecule has 0 aromatic heterocycles. The van der Waals surface area contributed by atoms with Gasteiger partial charge in [0.1, 0.15) is 0 Å². The van der Waals surface area contributed by atoms with Crippen LogP contribution < -0.4 is 0 Å². The highest BCUT2D eigenvalue weighted by Crippen LogP contribution is 2.33. The average molecular weight is 363 g/mol. The molecule has 1 aromatic rings. The second-order valence-corrected chi connectivity index (χ2v) is 9.42. The van der Waals surface area contributed by atoms with Crippen molar-refractivity contribution in [1.29, 1.82) is 0 Å². The van der Waals surface area contributed by atoms with E-state index in [1.807, 2.05) is 0 Å². The molecule has 1 aromatic carbocycles. The van der Waals surface area contributed by atoms with E-state index in [1.165, 1.54) is 25.1 Å². The molecule has 1 unspecified atom stereocenters. The van der Waals surface area contributed by atoms with E-state index < -0.39 is 37.5 Å². The summed E-state index contributed by atoms with van der Waals surface area (Å²) in [6.45, 7) is 1.13. The maximum absolute atomic E-state index is 12.7. The van der Waals surface area contributed by atoms with Crippen LogP contribution in [0.2, 0.25) is 0 Å². The Hall–Kier alpha value is -1.49. The molecule has 1 aliphatic rings. The van der Waals surface area contributed by atoms with Gasteiger partial charge in [-0.3, -0.25) is 0 Å². The van der Waals surface area contributed by atoms with E-state index in [9.17, 15) is 26.7 Å². The minimum atomic E-state index is -4.13. The fourth-order valence-corrected chi connectivity index (χ4v) is 5.00. The van der Waals surface area contributed by atoms with Gasteiger partial charge in [-0.2, -0.15) is 4.31 Å². The van der Waals surface area contributed by atoms with Gasteiger partial charge in [0.2, 0.25) is 10.0 Å². The van der Waals surface area contributed by atoms with E-state index in [-0.39, 0.29) is 22.8 Å². The molecule has 8 nitrogen and oxygen atoms in total. The summed E-state index contributed by atoms with van der Waals surface area (Å²) >= 11 is 0. The molecule has 2 rings (SSSR count). The largest absolute Gasteiger partial charge is 0.479 e. The quantitative estimate of drug-likeness (QED) is 0.750. The number of hydrogen-bond acceptors (Lipinski definition) is 6. The van der Waals surface area contributed by atoms with Crippen LogP contribution in [0.15, 0.2) is 34.1 Å². The summed E-state index contributed by atoms with van der Waals surface area (Å²) in [6, 6.07) is 3.65. The molecule has 128 valence electrons. The molecular weight excluding hydrogens is 346 g/mol. The van der Waals surface area contributed by atoms with Gasteiger partial charge in [0.25, 0.3) is 0 Å². The van der Waals surface area contributed by atoms with Gasteiger partial charge < -0.3 is 10.2 Å². The molecule has 0 spiro atoms. The first kappa shape index (κ1) is 17.9. The lowest BCUT2D eigenvalue weighted by atomic mass is 9.97. The molecule has 0 radical (unpaired) electrons. The van der Waals surface area contributed by atoms with E-state index in [0.717, 1.165) is 16.6 Å². The molecule has 1 saturated heterocycles. The summed E-state index contributed by atoms with van der Waals surface area (Å²) < 4.78 is 49.3. The highest BCUT2D eigenvalue weighted by Gasteiger charge is 2.53. The zero-order valence-corrected chi connectivity index (χ0v) is 14.1. The second kappa shape index (κ2) is 5.55. The Morgan fingerprint density at radius 1 is 1.26 bits per heavy atom. The maximum Gasteiger partial charge on any atom is 0.337 e. The number of sulfone groups is 1. The number of carboxylic acid groups (broad SMARTS) is 1. The number of aliphatic carboxylic acids is 1. The third-order valence-corrected chi connectivity index (χ3v) is 7.12. The van der Waals surface area contributed by atoms with Gasteiger partial charge in [-0.15, -0.1) is 0 Å². The minimum absolute atomic E-state index is 0.154. The first-order valence-corrected chi connectivity index (χ1v) is 10.0. The van der Waals surface area contributed by atoms with Crippen LogP contribution in [0.25, 0.3) is 0 Å². The van der Waals surface area contributed by atoms with Crippen molar-refractivity contribution in [2.45, 2.75) is 34.8 Å². The lowest BCUT2D eigenvalue weighted by Gasteiger charge is -2.27. The Bertz CT molecular complexity index is 847. The fourth-order valence-electron chi connectivity index (χ4n) is 2.54. The van der Waals surface area contributed by atoms with Crippen LogP contribution in [0.4, 0.5) is 0 Å². The molecule has 0 bridgehead atoms. The third kappa shape index (κ3) is 2.99. The third-order valence-electron chi connectivity index (χ3n) is 4.05. The molecule has 23 heavy (non-hydrogen) atoms. The number of nitrogens with zero attached hydrogens (tertiary/aromatic N) is 1. The Morgan fingerprint density at radius 2 is 1.83 bits per heavy atom. The highest BCUT2D eigenvalue weighted by atomic mass is 32.2. The average Bonchev–Trinajstić information content (AvgIpc) is 2.76. The first-order chi connectivity index (χ1) is 10.4. The fraction of sp³-hybridized carbons (Fsp3) is 0.462. The lowest BCUT2D eigenvalue weighted by Crippen LogP contribution is -2.49. The van der Waals surface area contributed by atoms with Gasteiger partial charge in [0.05, 0.1) is 15.8 Å². The summed E-state index contributed by atoms with van der Waals surface area (Å²) in [5.41, 5.74) is -2.17. The summed E-state index contributed by atoms with van der Waals surface area (Å²) in [5.74, 6) is -1.49. The van der Waals surface area contributed by atoms with Crippen molar-refractivity contribution < 1.29 is 31.8 Å². The van der Waals surface area contributed by atoms with Crippen molar-refractivity contribution >= 4 is 25.8 Å². The molecule has 1 heterocycles. The number of carbonyl (C=O) groups is 1. The Morgan fingerprint density at radius 3 is 2.30 bits per heavy atom. The zero-order valence-electron chi connectivity index (χ0n) is 12.5. The van der Waals surface area contributed by atoms with Crippen molar-refractivity contribution in [2.75, 3.05) is 12.8 Å². The summed E-state index contributed by atoms with van der Waals surface area (Å²) in [6.07, 6.45) is 0.717. The zero-order chi connectivity index (χ0) is 17.6. The molecule has 10 heteroatoms. The topological polar surface area (TPSA) is 129 Å². The number of hydrogen-bond donors (Lipinski definition) is 2. The number of aliphatic hydroxyl groups is 1. The Kier molecular flexibility index (Phi) is 4.31. The number of carboxylic acids is 1. The molecule has 2 N–H and O–H groups in total. The van der Waals surface area contributed by atoms with Crippen LogP contribution in [-0.2, 0) is 24.7 Å². The minimum Gasteiger partial charge on any atom is -0.479 e. The number of rotatable bonds is 4. The van der Waals surface area contributed by atoms with Crippen LogP contribution in [0.1, 0.15) is 13.3 Å².